The molecular formula is C27H28Cl2N8O2S. The molecule has 2 heterocycles. The molecule has 13 heteroatoms. The third-order valence-electron chi connectivity index (χ3n) is 6.18. The lowest BCUT2D eigenvalue weighted by molar-refractivity contribution is 0.597. The largest absolute Gasteiger partial charge is 0.352 e. The summed E-state index contributed by atoms with van der Waals surface area (Å²) < 4.78 is 24.6. The van der Waals surface area contributed by atoms with Crippen LogP contribution in [-0.4, -0.2) is 35.0 Å². The van der Waals surface area contributed by atoms with Crippen molar-refractivity contribution >= 4 is 74.2 Å². The van der Waals surface area contributed by atoms with E-state index >= 15 is 0 Å². The second-order valence-electron chi connectivity index (χ2n) is 9.07. The maximum absolute atomic E-state index is 11.3. The van der Waals surface area contributed by atoms with Crippen molar-refractivity contribution in [2.45, 2.75) is 12.3 Å². The Kier molecular flexibility index (Phi) is 8.79. The Morgan fingerprint density at radius 2 is 1.68 bits per heavy atom. The zero-order valence-electron chi connectivity index (χ0n) is 21.7. The van der Waals surface area contributed by atoms with Gasteiger partial charge in [0.15, 0.2) is 0 Å². The number of anilines is 5. The highest BCUT2D eigenvalue weighted by Crippen LogP contribution is 2.28. The summed E-state index contributed by atoms with van der Waals surface area (Å²) in [5.74, 6) is 1.65. The van der Waals surface area contributed by atoms with Crippen LogP contribution in [0.15, 0.2) is 79.0 Å². The quantitative estimate of drug-likeness (QED) is 0.207. The fourth-order valence-electron chi connectivity index (χ4n) is 4.11. The van der Waals surface area contributed by atoms with Crippen molar-refractivity contribution in [3.05, 3.63) is 95.1 Å². The number of imidazole rings is 1. The third-order valence-corrected chi connectivity index (χ3v) is 7.17. The van der Waals surface area contributed by atoms with Crippen LogP contribution < -0.4 is 20.7 Å². The number of rotatable bonds is 9. The summed E-state index contributed by atoms with van der Waals surface area (Å²) in [6.07, 6.45) is 1.68. The molecule has 2 aromatic heterocycles. The highest BCUT2D eigenvalue weighted by Gasteiger charge is 2.13. The van der Waals surface area contributed by atoms with Gasteiger partial charge in [0.1, 0.15) is 5.82 Å². The van der Waals surface area contributed by atoms with Gasteiger partial charge in [-0.15, -0.1) is 12.4 Å². The van der Waals surface area contributed by atoms with Gasteiger partial charge >= 0.3 is 0 Å². The van der Waals surface area contributed by atoms with E-state index < -0.39 is 10.0 Å². The lowest BCUT2D eigenvalue weighted by Gasteiger charge is -2.19. The van der Waals surface area contributed by atoms with Gasteiger partial charge in [-0.1, -0.05) is 35.9 Å². The fourth-order valence-corrected chi connectivity index (χ4v) is 4.90. The van der Waals surface area contributed by atoms with E-state index in [1.54, 1.807) is 30.5 Å². The second-order valence-corrected chi connectivity index (χ2v) is 11.1. The van der Waals surface area contributed by atoms with Gasteiger partial charge < -0.3 is 20.1 Å². The van der Waals surface area contributed by atoms with Gasteiger partial charge in [-0.2, -0.15) is 4.98 Å². The Hall–Kier alpha value is -3.90. The molecule has 0 saturated heterocycles. The zero-order valence-corrected chi connectivity index (χ0v) is 24.1. The number of halogens is 2. The highest BCUT2D eigenvalue weighted by molar-refractivity contribution is 7.88. The van der Waals surface area contributed by atoms with Gasteiger partial charge in [-0.3, -0.25) is 0 Å². The molecule has 0 aliphatic carbocycles. The number of hydrogen-bond donors (Lipinski definition) is 3. The van der Waals surface area contributed by atoms with Gasteiger partial charge in [-0.05, 0) is 59.7 Å². The molecule has 4 N–H and O–H groups in total. The van der Waals surface area contributed by atoms with Crippen LogP contribution in [0.2, 0.25) is 5.02 Å². The standard InChI is InChI=1S/C27H27ClN8O2S.ClH/c1-35(25-13-14-30-26(34-25)32-21-9-5-19(6-10-21)17-39(29,37)38)22-11-12-24-23(15-22)33-27(36(24)2)31-16-18-3-7-20(28)8-4-18;/h3-15H,16-17H2,1-2H3,(H,31,33)(H2,29,37,38)(H,30,32,34);1H. The second kappa shape index (κ2) is 12.1. The minimum Gasteiger partial charge on any atom is -0.352 e. The summed E-state index contributed by atoms with van der Waals surface area (Å²) >= 11 is 5.99. The molecule has 0 atom stereocenters. The minimum absolute atomic E-state index is 0. The van der Waals surface area contributed by atoms with E-state index in [4.69, 9.17) is 21.7 Å². The monoisotopic (exact) mass is 598 g/mol. The van der Waals surface area contributed by atoms with E-state index in [0.717, 1.165) is 33.9 Å². The van der Waals surface area contributed by atoms with Crippen LogP contribution in [0.1, 0.15) is 11.1 Å². The molecule has 0 amide bonds. The van der Waals surface area contributed by atoms with Crippen molar-refractivity contribution in [3.8, 4) is 0 Å². The Morgan fingerprint density at radius 1 is 0.975 bits per heavy atom. The van der Waals surface area contributed by atoms with Crippen LogP contribution in [0.3, 0.4) is 0 Å². The van der Waals surface area contributed by atoms with Crippen molar-refractivity contribution in [3.63, 3.8) is 0 Å². The number of benzene rings is 3. The molecule has 0 radical (unpaired) electrons. The van der Waals surface area contributed by atoms with Crippen LogP contribution in [0.25, 0.3) is 11.0 Å². The molecule has 10 nitrogen and oxygen atoms in total. The predicted octanol–water partition coefficient (Wildman–Crippen LogP) is 5.35. The average Bonchev–Trinajstić information content (AvgIpc) is 3.23. The molecule has 3 aromatic carbocycles. The van der Waals surface area contributed by atoms with Crippen molar-refractivity contribution in [2.24, 2.45) is 12.2 Å². The van der Waals surface area contributed by atoms with E-state index in [0.29, 0.717) is 28.9 Å². The van der Waals surface area contributed by atoms with Crippen molar-refractivity contribution in [1.82, 2.24) is 19.5 Å². The summed E-state index contributed by atoms with van der Waals surface area (Å²) in [7, 11) is 0.322. The topological polar surface area (TPSA) is 131 Å². The van der Waals surface area contributed by atoms with Crippen LogP contribution in [0, 0.1) is 0 Å². The number of primary sulfonamides is 1. The molecule has 0 fully saturated rings. The molecule has 0 aliphatic rings. The molecule has 0 spiro atoms. The first-order valence-corrected chi connectivity index (χ1v) is 14.1. The molecular weight excluding hydrogens is 571 g/mol. The number of hydrogen-bond acceptors (Lipinski definition) is 8. The molecule has 5 aromatic rings. The van der Waals surface area contributed by atoms with E-state index in [2.05, 4.69) is 20.6 Å². The number of nitrogens with zero attached hydrogens (tertiary/aromatic N) is 5. The Labute approximate surface area is 243 Å². The maximum Gasteiger partial charge on any atom is 0.229 e. The first-order valence-electron chi connectivity index (χ1n) is 12.0. The van der Waals surface area contributed by atoms with E-state index in [1.807, 2.05) is 72.1 Å². The highest BCUT2D eigenvalue weighted by atomic mass is 35.5. The molecule has 0 bridgehead atoms. The minimum atomic E-state index is -3.59. The van der Waals surface area contributed by atoms with Crippen LogP contribution >= 0.6 is 24.0 Å². The normalized spacial score (nSPS) is 11.2. The number of fused-ring (bicyclic) bond motifs is 1. The molecule has 208 valence electrons. The first kappa shape index (κ1) is 29.1. The van der Waals surface area contributed by atoms with Gasteiger partial charge in [0.05, 0.1) is 16.8 Å². The van der Waals surface area contributed by atoms with Gasteiger partial charge in [-0.25, -0.2) is 23.5 Å². The van der Waals surface area contributed by atoms with Crippen molar-refractivity contribution in [1.29, 1.82) is 0 Å². The number of nitrogens with one attached hydrogen (secondary N) is 2. The number of nitrogens with two attached hydrogens (primary N) is 1. The summed E-state index contributed by atoms with van der Waals surface area (Å²) in [5, 5.41) is 12.4. The first-order chi connectivity index (χ1) is 18.6. The van der Waals surface area contributed by atoms with E-state index in [-0.39, 0.29) is 18.2 Å². The number of aryl methyl sites for hydroxylation is 1. The van der Waals surface area contributed by atoms with Crippen molar-refractivity contribution < 1.29 is 8.42 Å². The van der Waals surface area contributed by atoms with Gasteiger partial charge in [0.2, 0.25) is 21.9 Å². The molecule has 0 unspecified atom stereocenters. The number of sulfonamides is 1. The lowest BCUT2D eigenvalue weighted by Crippen LogP contribution is -2.14. The summed E-state index contributed by atoms with van der Waals surface area (Å²) in [6.45, 7) is 0.632. The van der Waals surface area contributed by atoms with E-state index in [1.165, 1.54) is 0 Å². The Bertz CT molecular complexity index is 1730. The van der Waals surface area contributed by atoms with Crippen molar-refractivity contribution in [2.75, 3.05) is 22.6 Å². The molecule has 5 rings (SSSR count). The third kappa shape index (κ3) is 6.99. The Morgan fingerprint density at radius 3 is 2.38 bits per heavy atom. The maximum atomic E-state index is 11.3. The number of aromatic nitrogens is 4. The molecule has 40 heavy (non-hydrogen) atoms. The summed E-state index contributed by atoms with van der Waals surface area (Å²) in [5.41, 5.74) is 5.21. The van der Waals surface area contributed by atoms with Gasteiger partial charge in [0, 0.05) is 43.2 Å². The fraction of sp³-hybridized carbons (Fsp3) is 0.148. The zero-order chi connectivity index (χ0) is 27.6. The lowest BCUT2D eigenvalue weighted by atomic mass is 10.2. The van der Waals surface area contributed by atoms with Crippen LogP contribution in [-0.2, 0) is 29.4 Å². The van der Waals surface area contributed by atoms with Gasteiger partial charge in [0.25, 0.3) is 0 Å². The molecule has 0 aliphatic heterocycles. The predicted molar refractivity (Wildman–Crippen MR) is 163 cm³/mol. The van der Waals surface area contributed by atoms with E-state index in [9.17, 15) is 8.42 Å². The molecule has 0 saturated carbocycles. The van der Waals surface area contributed by atoms with Crippen LogP contribution in [0.4, 0.5) is 29.1 Å². The smallest absolute Gasteiger partial charge is 0.229 e. The van der Waals surface area contributed by atoms with Crippen LogP contribution in [0.5, 0.6) is 0 Å². The summed E-state index contributed by atoms with van der Waals surface area (Å²) in [4.78, 5) is 15.7. The summed E-state index contributed by atoms with van der Waals surface area (Å²) in [6, 6.07) is 22.5. The average molecular weight is 600 g/mol. The Balaban J connectivity index is 0.00000370. The SMILES string of the molecule is CN(c1ccc2c(c1)nc(NCc1ccc(Cl)cc1)n2C)c1ccnc(Nc2ccc(CS(N)(=O)=O)cc2)n1.Cl.